The number of Topliss-reactive ketones (excluding diaryl/α,β-unsaturated/α-hetero) is 1. The van der Waals surface area contributed by atoms with Crippen LogP contribution < -0.4 is 0 Å². The van der Waals surface area contributed by atoms with Gasteiger partial charge in [0.1, 0.15) is 5.78 Å². The monoisotopic (exact) mass is 198 g/mol. The first-order chi connectivity index (χ1) is 6.57. The van der Waals surface area contributed by atoms with Crippen LogP contribution in [0.1, 0.15) is 66.2 Å². The molecule has 0 aliphatic carbocycles. The molecule has 84 valence electrons. The zero-order valence-electron chi connectivity index (χ0n) is 10.3. The molecule has 0 bridgehead atoms. The minimum Gasteiger partial charge on any atom is -0.299 e. The topological polar surface area (TPSA) is 17.1 Å². The van der Waals surface area contributed by atoms with E-state index in [2.05, 4.69) is 20.8 Å². The van der Waals surface area contributed by atoms with Gasteiger partial charge in [-0.15, -0.1) is 0 Å². The van der Waals surface area contributed by atoms with Crippen molar-refractivity contribution in [3.05, 3.63) is 0 Å². The van der Waals surface area contributed by atoms with Gasteiger partial charge in [-0.25, -0.2) is 0 Å². The minimum absolute atomic E-state index is 0.291. The van der Waals surface area contributed by atoms with E-state index in [-0.39, 0.29) is 0 Å². The number of rotatable bonds is 8. The summed E-state index contributed by atoms with van der Waals surface area (Å²) in [6.45, 7) is 8.55. The zero-order valence-corrected chi connectivity index (χ0v) is 10.3. The van der Waals surface area contributed by atoms with E-state index in [1.54, 1.807) is 0 Å². The van der Waals surface area contributed by atoms with Crippen LogP contribution >= 0.6 is 0 Å². The smallest absolute Gasteiger partial charge is 0.135 e. The largest absolute Gasteiger partial charge is 0.299 e. The Bertz CT molecular complexity index is 149. The maximum atomic E-state index is 11.3. The molecule has 0 saturated carbocycles. The lowest BCUT2D eigenvalue weighted by atomic mass is 9.96. The molecule has 0 fully saturated rings. The molecule has 0 aromatic rings. The molecule has 0 spiro atoms. The molecule has 0 saturated heterocycles. The lowest BCUT2D eigenvalue weighted by Gasteiger charge is -2.09. The molecular formula is C13H26O. The first-order valence-corrected chi connectivity index (χ1v) is 6.10. The van der Waals surface area contributed by atoms with Gasteiger partial charge in [-0.2, -0.15) is 0 Å². The van der Waals surface area contributed by atoms with Gasteiger partial charge in [0.05, 0.1) is 0 Å². The Morgan fingerprint density at radius 2 is 1.57 bits per heavy atom. The van der Waals surface area contributed by atoms with Gasteiger partial charge in [-0.1, -0.05) is 53.4 Å². The first kappa shape index (κ1) is 13.7. The van der Waals surface area contributed by atoms with E-state index < -0.39 is 0 Å². The summed E-state index contributed by atoms with van der Waals surface area (Å²) in [6.07, 6.45) is 6.96. The molecule has 1 nitrogen and oxygen atoms in total. The quantitative estimate of drug-likeness (QED) is 0.534. The van der Waals surface area contributed by atoms with Gasteiger partial charge < -0.3 is 0 Å². The van der Waals surface area contributed by atoms with Gasteiger partial charge in [0.25, 0.3) is 0 Å². The molecule has 0 aliphatic heterocycles. The molecule has 0 radical (unpaired) electrons. The standard InChI is InChI=1S/C13H26O/c1-5-13(14)12(4)10-8-6-7-9-11(2)3/h11-12H,5-10H2,1-4H3. The number of hydrogen-bond donors (Lipinski definition) is 0. The van der Waals surface area contributed by atoms with E-state index in [1.807, 2.05) is 6.92 Å². The van der Waals surface area contributed by atoms with E-state index in [9.17, 15) is 4.79 Å². The van der Waals surface area contributed by atoms with Crippen LogP contribution in [0.5, 0.6) is 0 Å². The SMILES string of the molecule is CCC(=O)C(C)CCCCCC(C)C. The Morgan fingerprint density at radius 3 is 2.07 bits per heavy atom. The van der Waals surface area contributed by atoms with Crippen molar-refractivity contribution in [2.75, 3.05) is 0 Å². The average molecular weight is 198 g/mol. The minimum atomic E-state index is 0.291. The molecule has 1 atom stereocenters. The summed E-state index contributed by atoms with van der Waals surface area (Å²) in [5.41, 5.74) is 0. The van der Waals surface area contributed by atoms with Crippen molar-refractivity contribution < 1.29 is 4.79 Å². The van der Waals surface area contributed by atoms with E-state index in [0.717, 1.165) is 12.3 Å². The molecular weight excluding hydrogens is 172 g/mol. The fourth-order valence-corrected chi connectivity index (χ4v) is 1.69. The molecule has 0 N–H and O–H groups in total. The van der Waals surface area contributed by atoms with Crippen LogP contribution in [0.3, 0.4) is 0 Å². The third-order valence-electron chi connectivity index (χ3n) is 2.82. The van der Waals surface area contributed by atoms with Crippen LogP contribution in [0, 0.1) is 11.8 Å². The number of carbonyl (C=O) groups excluding carboxylic acids is 1. The van der Waals surface area contributed by atoms with E-state index in [1.165, 1.54) is 25.7 Å². The number of carbonyl (C=O) groups is 1. The average Bonchev–Trinajstić information content (AvgIpc) is 2.15. The maximum Gasteiger partial charge on any atom is 0.135 e. The van der Waals surface area contributed by atoms with Gasteiger partial charge in [-0.05, 0) is 12.3 Å². The number of unbranched alkanes of at least 4 members (excludes halogenated alkanes) is 2. The summed E-state index contributed by atoms with van der Waals surface area (Å²) in [5.74, 6) is 1.54. The summed E-state index contributed by atoms with van der Waals surface area (Å²) in [5, 5.41) is 0. The predicted molar refractivity (Wildman–Crippen MR) is 62.4 cm³/mol. The van der Waals surface area contributed by atoms with Crippen molar-refractivity contribution in [1.29, 1.82) is 0 Å². The number of hydrogen-bond acceptors (Lipinski definition) is 1. The van der Waals surface area contributed by atoms with Gasteiger partial charge in [-0.3, -0.25) is 4.79 Å². The number of ketones is 1. The fourth-order valence-electron chi connectivity index (χ4n) is 1.69. The third-order valence-corrected chi connectivity index (χ3v) is 2.82. The normalized spacial score (nSPS) is 13.2. The second kappa shape index (κ2) is 8.02. The Kier molecular flexibility index (Phi) is 7.83. The fraction of sp³-hybridized carbons (Fsp3) is 0.923. The van der Waals surface area contributed by atoms with E-state index in [4.69, 9.17) is 0 Å². The summed E-state index contributed by atoms with van der Waals surface area (Å²) in [7, 11) is 0. The van der Waals surface area contributed by atoms with Gasteiger partial charge in [0, 0.05) is 12.3 Å². The molecule has 0 aromatic heterocycles. The van der Waals surface area contributed by atoms with Gasteiger partial charge in [0.15, 0.2) is 0 Å². The summed E-state index contributed by atoms with van der Waals surface area (Å²) >= 11 is 0. The van der Waals surface area contributed by atoms with Crippen LogP contribution in [0.15, 0.2) is 0 Å². The highest BCUT2D eigenvalue weighted by Gasteiger charge is 2.09. The third kappa shape index (κ3) is 7.11. The van der Waals surface area contributed by atoms with Crippen molar-refractivity contribution in [1.82, 2.24) is 0 Å². The molecule has 0 aliphatic rings. The van der Waals surface area contributed by atoms with Gasteiger partial charge >= 0.3 is 0 Å². The maximum absolute atomic E-state index is 11.3. The lowest BCUT2D eigenvalue weighted by molar-refractivity contribution is -0.122. The molecule has 1 heteroatoms. The van der Waals surface area contributed by atoms with Crippen LogP contribution in [0.2, 0.25) is 0 Å². The van der Waals surface area contributed by atoms with E-state index in [0.29, 0.717) is 18.1 Å². The van der Waals surface area contributed by atoms with Gasteiger partial charge in [0.2, 0.25) is 0 Å². The van der Waals surface area contributed by atoms with Crippen LogP contribution in [-0.4, -0.2) is 5.78 Å². The van der Waals surface area contributed by atoms with Crippen LogP contribution in [0.4, 0.5) is 0 Å². The van der Waals surface area contributed by atoms with Crippen LogP contribution in [0.25, 0.3) is 0 Å². The molecule has 0 rings (SSSR count). The van der Waals surface area contributed by atoms with Crippen molar-refractivity contribution >= 4 is 5.78 Å². The lowest BCUT2D eigenvalue weighted by Crippen LogP contribution is -2.08. The molecule has 0 amide bonds. The van der Waals surface area contributed by atoms with Crippen molar-refractivity contribution in [3.8, 4) is 0 Å². The Hall–Kier alpha value is -0.330. The Balaban J connectivity index is 3.31. The Morgan fingerprint density at radius 1 is 1.00 bits per heavy atom. The molecule has 14 heavy (non-hydrogen) atoms. The molecule has 0 aromatic carbocycles. The highest BCUT2D eigenvalue weighted by atomic mass is 16.1. The highest BCUT2D eigenvalue weighted by molar-refractivity contribution is 5.80. The van der Waals surface area contributed by atoms with E-state index >= 15 is 0 Å². The Labute approximate surface area is 89.3 Å². The summed E-state index contributed by atoms with van der Waals surface area (Å²) in [6, 6.07) is 0. The zero-order chi connectivity index (χ0) is 11.0. The first-order valence-electron chi connectivity index (χ1n) is 6.10. The van der Waals surface area contributed by atoms with Crippen LogP contribution in [-0.2, 0) is 4.79 Å². The summed E-state index contributed by atoms with van der Waals surface area (Å²) < 4.78 is 0. The second-order valence-electron chi connectivity index (χ2n) is 4.75. The predicted octanol–water partition coefficient (Wildman–Crippen LogP) is 4.21. The molecule has 1 unspecified atom stereocenters. The highest BCUT2D eigenvalue weighted by Crippen LogP contribution is 2.14. The van der Waals surface area contributed by atoms with Crippen molar-refractivity contribution in [3.63, 3.8) is 0 Å². The van der Waals surface area contributed by atoms with Crippen molar-refractivity contribution in [2.45, 2.75) is 66.2 Å². The van der Waals surface area contributed by atoms with Crippen molar-refractivity contribution in [2.24, 2.45) is 11.8 Å². The second-order valence-corrected chi connectivity index (χ2v) is 4.75. The summed E-state index contributed by atoms with van der Waals surface area (Å²) in [4.78, 5) is 11.3. The molecule has 0 heterocycles.